The van der Waals surface area contributed by atoms with Crippen LogP contribution in [0, 0.1) is 11.3 Å². The molecular formula is C18H13ClN4. The third kappa shape index (κ3) is 3.01. The molecule has 0 atom stereocenters. The number of halogens is 1. The van der Waals surface area contributed by atoms with E-state index in [0.717, 1.165) is 11.1 Å². The highest BCUT2D eigenvalue weighted by molar-refractivity contribution is 6.30. The molecule has 1 N–H and O–H groups in total. The highest BCUT2D eigenvalue weighted by atomic mass is 35.5. The van der Waals surface area contributed by atoms with Crippen molar-refractivity contribution in [3.63, 3.8) is 0 Å². The smallest absolute Gasteiger partial charge is 0.223 e. The largest absolute Gasteiger partial charge is 0.357 e. The van der Waals surface area contributed by atoms with Gasteiger partial charge >= 0.3 is 0 Å². The van der Waals surface area contributed by atoms with E-state index in [1.807, 2.05) is 42.5 Å². The summed E-state index contributed by atoms with van der Waals surface area (Å²) in [6.45, 7) is 0. The van der Waals surface area contributed by atoms with Gasteiger partial charge in [-0.25, -0.2) is 9.97 Å². The van der Waals surface area contributed by atoms with Gasteiger partial charge in [-0.2, -0.15) is 5.26 Å². The SMILES string of the molecule is CNc1nc(-c2ccccc2)c(C#N)c(-c2cccc(Cl)c2)n1. The predicted octanol–water partition coefficient (Wildman–Crippen LogP) is 4.38. The molecule has 0 saturated carbocycles. The van der Waals surface area contributed by atoms with Crippen LogP contribution in [-0.4, -0.2) is 17.0 Å². The zero-order chi connectivity index (χ0) is 16.2. The standard InChI is InChI=1S/C18H13ClN4/c1-21-18-22-16(12-6-3-2-4-7-12)15(11-20)17(23-18)13-8-5-9-14(19)10-13/h2-10H,1H3,(H,21,22,23). The van der Waals surface area contributed by atoms with E-state index in [2.05, 4.69) is 21.4 Å². The molecule has 0 aliphatic carbocycles. The van der Waals surface area contributed by atoms with Crippen LogP contribution in [0.2, 0.25) is 5.02 Å². The molecule has 23 heavy (non-hydrogen) atoms. The Labute approximate surface area is 139 Å². The molecule has 0 saturated heterocycles. The van der Waals surface area contributed by atoms with E-state index in [9.17, 15) is 5.26 Å². The van der Waals surface area contributed by atoms with Crippen molar-refractivity contribution >= 4 is 17.5 Å². The van der Waals surface area contributed by atoms with Crippen LogP contribution in [0.15, 0.2) is 54.6 Å². The number of nitrogens with one attached hydrogen (secondary N) is 1. The first-order valence-corrected chi connectivity index (χ1v) is 7.42. The van der Waals surface area contributed by atoms with Crippen LogP contribution in [0.1, 0.15) is 5.56 Å². The van der Waals surface area contributed by atoms with Crippen molar-refractivity contribution < 1.29 is 0 Å². The lowest BCUT2D eigenvalue weighted by Gasteiger charge is -2.11. The summed E-state index contributed by atoms with van der Waals surface area (Å²) in [6.07, 6.45) is 0. The number of aromatic nitrogens is 2. The molecule has 3 rings (SSSR count). The Bertz CT molecular complexity index is 885. The molecule has 0 unspecified atom stereocenters. The molecule has 0 bridgehead atoms. The molecule has 5 heteroatoms. The molecule has 2 aromatic carbocycles. The highest BCUT2D eigenvalue weighted by Crippen LogP contribution is 2.31. The topological polar surface area (TPSA) is 61.6 Å². The van der Waals surface area contributed by atoms with Gasteiger partial charge < -0.3 is 5.32 Å². The van der Waals surface area contributed by atoms with E-state index in [1.54, 1.807) is 19.2 Å². The zero-order valence-corrected chi connectivity index (χ0v) is 13.2. The van der Waals surface area contributed by atoms with Crippen LogP contribution in [0.5, 0.6) is 0 Å². The second-order valence-corrected chi connectivity index (χ2v) is 5.29. The minimum Gasteiger partial charge on any atom is -0.357 e. The number of nitrogens with zero attached hydrogens (tertiary/aromatic N) is 3. The zero-order valence-electron chi connectivity index (χ0n) is 12.4. The number of anilines is 1. The number of rotatable bonds is 3. The lowest BCUT2D eigenvalue weighted by molar-refractivity contribution is 1.15. The predicted molar refractivity (Wildman–Crippen MR) is 92.2 cm³/mol. The summed E-state index contributed by atoms with van der Waals surface area (Å²) in [6, 6.07) is 19.1. The molecule has 0 spiro atoms. The van der Waals surface area contributed by atoms with Crippen LogP contribution in [0.25, 0.3) is 22.5 Å². The maximum atomic E-state index is 9.67. The summed E-state index contributed by atoms with van der Waals surface area (Å²) < 4.78 is 0. The second kappa shape index (κ2) is 6.47. The molecule has 112 valence electrons. The van der Waals surface area contributed by atoms with Crippen molar-refractivity contribution in [2.24, 2.45) is 0 Å². The van der Waals surface area contributed by atoms with Gasteiger partial charge in [0.05, 0.1) is 11.4 Å². The number of nitriles is 1. The van der Waals surface area contributed by atoms with Gasteiger partial charge in [0.1, 0.15) is 11.6 Å². The summed E-state index contributed by atoms with van der Waals surface area (Å²) >= 11 is 6.08. The van der Waals surface area contributed by atoms with Crippen molar-refractivity contribution in [2.75, 3.05) is 12.4 Å². The van der Waals surface area contributed by atoms with Gasteiger partial charge in [0.2, 0.25) is 5.95 Å². The van der Waals surface area contributed by atoms with Gasteiger partial charge in [0.25, 0.3) is 0 Å². The summed E-state index contributed by atoms with van der Waals surface area (Å²) in [5.41, 5.74) is 3.24. The fourth-order valence-corrected chi connectivity index (χ4v) is 2.52. The first-order valence-electron chi connectivity index (χ1n) is 7.04. The van der Waals surface area contributed by atoms with E-state index in [0.29, 0.717) is 27.9 Å². The summed E-state index contributed by atoms with van der Waals surface area (Å²) in [7, 11) is 1.75. The number of hydrogen-bond donors (Lipinski definition) is 1. The third-order valence-corrected chi connectivity index (χ3v) is 3.62. The maximum absolute atomic E-state index is 9.67. The Morgan fingerprint density at radius 1 is 0.957 bits per heavy atom. The lowest BCUT2D eigenvalue weighted by atomic mass is 10.0. The van der Waals surface area contributed by atoms with E-state index in [1.165, 1.54) is 0 Å². The van der Waals surface area contributed by atoms with Crippen LogP contribution < -0.4 is 5.32 Å². The maximum Gasteiger partial charge on any atom is 0.223 e. The Hall–Kier alpha value is -2.90. The molecule has 3 aromatic rings. The quantitative estimate of drug-likeness (QED) is 0.778. The van der Waals surface area contributed by atoms with Gasteiger partial charge in [-0.15, -0.1) is 0 Å². The molecule has 0 fully saturated rings. The van der Waals surface area contributed by atoms with Crippen molar-refractivity contribution in [3.05, 3.63) is 65.2 Å². The fourth-order valence-electron chi connectivity index (χ4n) is 2.33. The van der Waals surface area contributed by atoms with Gasteiger partial charge in [-0.3, -0.25) is 0 Å². The lowest BCUT2D eigenvalue weighted by Crippen LogP contribution is -2.03. The van der Waals surface area contributed by atoms with Crippen molar-refractivity contribution in [1.29, 1.82) is 5.26 Å². The van der Waals surface area contributed by atoms with E-state index in [4.69, 9.17) is 11.6 Å². The first kappa shape index (κ1) is 15.0. The Kier molecular flexibility index (Phi) is 4.22. The molecule has 0 amide bonds. The molecule has 1 aromatic heterocycles. The Morgan fingerprint density at radius 3 is 2.22 bits per heavy atom. The van der Waals surface area contributed by atoms with E-state index >= 15 is 0 Å². The summed E-state index contributed by atoms with van der Waals surface area (Å²) in [4.78, 5) is 8.92. The van der Waals surface area contributed by atoms with Gasteiger partial charge in [-0.05, 0) is 12.1 Å². The minimum atomic E-state index is 0.428. The molecule has 1 heterocycles. The van der Waals surface area contributed by atoms with Crippen LogP contribution >= 0.6 is 11.6 Å². The van der Waals surface area contributed by atoms with Crippen LogP contribution in [0.3, 0.4) is 0 Å². The van der Waals surface area contributed by atoms with Crippen molar-refractivity contribution in [3.8, 4) is 28.6 Å². The average molecular weight is 321 g/mol. The summed E-state index contributed by atoms with van der Waals surface area (Å²) in [5.74, 6) is 0.456. The van der Waals surface area contributed by atoms with E-state index in [-0.39, 0.29) is 0 Å². The Morgan fingerprint density at radius 2 is 1.61 bits per heavy atom. The summed E-state index contributed by atoms with van der Waals surface area (Å²) in [5, 5.41) is 13.2. The molecule has 0 radical (unpaired) electrons. The normalized spacial score (nSPS) is 10.1. The van der Waals surface area contributed by atoms with Gasteiger partial charge in [-0.1, -0.05) is 54.1 Å². The average Bonchev–Trinajstić information content (AvgIpc) is 2.61. The Balaban J connectivity index is 2.30. The molecule has 0 aliphatic rings. The molecule has 4 nitrogen and oxygen atoms in total. The monoisotopic (exact) mass is 320 g/mol. The van der Waals surface area contributed by atoms with Gasteiger partial charge in [0.15, 0.2) is 0 Å². The molecule has 0 aliphatic heterocycles. The second-order valence-electron chi connectivity index (χ2n) is 4.86. The fraction of sp³-hybridized carbons (Fsp3) is 0.0556. The molecular weight excluding hydrogens is 308 g/mol. The first-order chi connectivity index (χ1) is 11.2. The third-order valence-electron chi connectivity index (χ3n) is 3.39. The van der Waals surface area contributed by atoms with Crippen molar-refractivity contribution in [1.82, 2.24) is 9.97 Å². The number of benzene rings is 2. The highest BCUT2D eigenvalue weighted by Gasteiger charge is 2.17. The van der Waals surface area contributed by atoms with Gasteiger partial charge in [0, 0.05) is 23.2 Å². The van der Waals surface area contributed by atoms with Crippen LogP contribution in [0.4, 0.5) is 5.95 Å². The number of hydrogen-bond acceptors (Lipinski definition) is 4. The minimum absolute atomic E-state index is 0.428. The van der Waals surface area contributed by atoms with Crippen LogP contribution in [-0.2, 0) is 0 Å². The van der Waals surface area contributed by atoms with E-state index < -0.39 is 0 Å². The van der Waals surface area contributed by atoms with Crippen molar-refractivity contribution in [2.45, 2.75) is 0 Å².